The van der Waals surface area contributed by atoms with Crippen molar-refractivity contribution in [3.8, 4) is 0 Å². The zero-order chi connectivity index (χ0) is 11.6. The second-order valence-corrected chi connectivity index (χ2v) is 6.99. The lowest BCUT2D eigenvalue weighted by Crippen LogP contribution is -2.66. The SMILES string of the molecule is CC1CC=CC23CCC(CC12C)C(C)(C)O3. The molecule has 4 atom stereocenters. The minimum Gasteiger partial charge on any atom is -0.364 e. The molecular weight excluding hydrogens is 196 g/mol. The van der Waals surface area contributed by atoms with E-state index >= 15 is 0 Å². The second kappa shape index (κ2) is 2.93. The summed E-state index contributed by atoms with van der Waals surface area (Å²) in [5.41, 5.74) is 0.502. The van der Waals surface area contributed by atoms with Crippen LogP contribution >= 0.6 is 0 Å². The molecule has 90 valence electrons. The molecule has 4 unspecified atom stereocenters. The highest BCUT2D eigenvalue weighted by molar-refractivity contribution is 5.23. The van der Waals surface area contributed by atoms with Crippen molar-refractivity contribution in [1.29, 1.82) is 0 Å². The first-order chi connectivity index (χ1) is 7.40. The minimum atomic E-state index is 0.0446. The molecule has 0 amide bonds. The van der Waals surface area contributed by atoms with Gasteiger partial charge in [0.25, 0.3) is 0 Å². The molecule has 0 aromatic carbocycles. The van der Waals surface area contributed by atoms with Crippen LogP contribution in [0.25, 0.3) is 0 Å². The maximum atomic E-state index is 6.55. The predicted molar refractivity (Wildman–Crippen MR) is 66.3 cm³/mol. The fourth-order valence-corrected chi connectivity index (χ4v) is 4.42. The smallest absolute Gasteiger partial charge is 0.0926 e. The van der Waals surface area contributed by atoms with Crippen molar-refractivity contribution in [2.75, 3.05) is 0 Å². The van der Waals surface area contributed by atoms with E-state index in [9.17, 15) is 0 Å². The third kappa shape index (κ3) is 1.11. The first kappa shape index (κ1) is 10.8. The summed E-state index contributed by atoms with van der Waals surface area (Å²) in [6.45, 7) is 9.43. The summed E-state index contributed by atoms with van der Waals surface area (Å²) in [6.07, 6.45) is 9.91. The minimum absolute atomic E-state index is 0.0446. The first-order valence-corrected chi connectivity index (χ1v) is 6.78. The molecule has 2 saturated heterocycles. The van der Waals surface area contributed by atoms with Crippen LogP contribution in [0.4, 0.5) is 0 Å². The van der Waals surface area contributed by atoms with Crippen LogP contribution in [-0.2, 0) is 4.74 Å². The van der Waals surface area contributed by atoms with E-state index in [0.29, 0.717) is 5.41 Å². The fourth-order valence-electron chi connectivity index (χ4n) is 4.42. The second-order valence-electron chi connectivity index (χ2n) is 6.99. The van der Waals surface area contributed by atoms with Gasteiger partial charge in [-0.2, -0.15) is 0 Å². The van der Waals surface area contributed by atoms with Crippen LogP contribution in [-0.4, -0.2) is 11.2 Å². The fraction of sp³-hybridized carbons (Fsp3) is 0.867. The average Bonchev–Trinajstić information content (AvgIpc) is 2.18. The van der Waals surface area contributed by atoms with E-state index in [1.807, 2.05) is 0 Å². The Morgan fingerprint density at radius 2 is 2.00 bits per heavy atom. The van der Waals surface area contributed by atoms with Gasteiger partial charge in [-0.15, -0.1) is 0 Å². The van der Waals surface area contributed by atoms with Crippen LogP contribution in [0.1, 0.15) is 53.4 Å². The van der Waals surface area contributed by atoms with Crippen molar-refractivity contribution in [2.24, 2.45) is 17.3 Å². The third-order valence-electron chi connectivity index (χ3n) is 5.89. The molecule has 1 saturated carbocycles. The van der Waals surface area contributed by atoms with E-state index < -0.39 is 0 Å². The summed E-state index contributed by atoms with van der Waals surface area (Å²) in [5, 5.41) is 0. The Hall–Kier alpha value is -0.300. The van der Waals surface area contributed by atoms with Crippen molar-refractivity contribution >= 4 is 0 Å². The third-order valence-corrected chi connectivity index (χ3v) is 5.89. The normalized spacial score (nSPS) is 53.8. The van der Waals surface area contributed by atoms with Crippen LogP contribution < -0.4 is 0 Å². The van der Waals surface area contributed by atoms with Gasteiger partial charge < -0.3 is 4.74 Å². The molecule has 0 N–H and O–H groups in total. The zero-order valence-corrected chi connectivity index (χ0v) is 11.0. The zero-order valence-electron chi connectivity index (χ0n) is 11.0. The number of ether oxygens (including phenoxy) is 1. The van der Waals surface area contributed by atoms with Crippen LogP contribution in [0.3, 0.4) is 0 Å². The van der Waals surface area contributed by atoms with Gasteiger partial charge in [0.05, 0.1) is 11.2 Å². The summed E-state index contributed by atoms with van der Waals surface area (Å²) >= 11 is 0. The molecule has 0 radical (unpaired) electrons. The van der Waals surface area contributed by atoms with Crippen LogP contribution in [0.5, 0.6) is 0 Å². The first-order valence-electron chi connectivity index (χ1n) is 6.78. The Labute approximate surface area is 99.3 Å². The Morgan fingerprint density at radius 1 is 1.25 bits per heavy atom. The van der Waals surface area contributed by atoms with Gasteiger partial charge in [0, 0.05) is 5.41 Å². The molecule has 0 aromatic heterocycles. The molecule has 1 spiro atoms. The molecule has 16 heavy (non-hydrogen) atoms. The van der Waals surface area contributed by atoms with Gasteiger partial charge in [0.1, 0.15) is 0 Å². The standard InChI is InChI=1S/C15H24O/c1-11-6-5-8-15-9-7-12(10-14(11,15)4)13(2,3)16-15/h5,8,11-12H,6-7,9-10H2,1-4H3. The van der Waals surface area contributed by atoms with Crippen molar-refractivity contribution < 1.29 is 4.74 Å². The predicted octanol–water partition coefficient (Wildman–Crippen LogP) is 3.94. The molecule has 4 rings (SSSR count). The number of allylic oxidation sites excluding steroid dienone is 1. The highest BCUT2D eigenvalue weighted by atomic mass is 16.5. The summed E-state index contributed by atoms with van der Waals surface area (Å²) in [5.74, 6) is 1.52. The van der Waals surface area contributed by atoms with Crippen molar-refractivity contribution in [3.05, 3.63) is 12.2 Å². The largest absolute Gasteiger partial charge is 0.364 e. The number of rotatable bonds is 0. The van der Waals surface area contributed by atoms with Gasteiger partial charge in [-0.25, -0.2) is 0 Å². The quantitative estimate of drug-likeness (QED) is 0.562. The molecule has 2 bridgehead atoms. The van der Waals surface area contributed by atoms with E-state index in [4.69, 9.17) is 4.74 Å². The lowest BCUT2D eigenvalue weighted by molar-refractivity contribution is -0.287. The van der Waals surface area contributed by atoms with Crippen LogP contribution in [0.2, 0.25) is 0 Å². The highest BCUT2D eigenvalue weighted by Crippen LogP contribution is 2.63. The van der Waals surface area contributed by atoms with Gasteiger partial charge >= 0.3 is 0 Å². The van der Waals surface area contributed by atoms with Crippen molar-refractivity contribution in [2.45, 2.75) is 64.6 Å². The molecular formula is C15H24O. The average molecular weight is 220 g/mol. The number of hydrogen-bond acceptors (Lipinski definition) is 1. The van der Waals surface area contributed by atoms with Crippen LogP contribution in [0.15, 0.2) is 12.2 Å². The van der Waals surface area contributed by atoms with Crippen molar-refractivity contribution in [1.82, 2.24) is 0 Å². The summed E-state index contributed by atoms with van der Waals surface area (Å²) in [6, 6.07) is 0. The number of hydrogen-bond donors (Lipinski definition) is 0. The lowest BCUT2D eigenvalue weighted by atomic mass is 9.49. The molecule has 2 aliphatic heterocycles. The maximum Gasteiger partial charge on any atom is 0.0926 e. The molecule has 4 aliphatic rings. The van der Waals surface area contributed by atoms with Gasteiger partial charge in [0.15, 0.2) is 0 Å². The monoisotopic (exact) mass is 220 g/mol. The van der Waals surface area contributed by atoms with E-state index in [1.54, 1.807) is 0 Å². The summed E-state index contributed by atoms with van der Waals surface area (Å²) in [4.78, 5) is 0. The van der Waals surface area contributed by atoms with E-state index in [-0.39, 0.29) is 11.2 Å². The Kier molecular flexibility index (Phi) is 1.98. The van der Waals surface area contributed by atoms with Crippen molar-refractivity contribution in [3.63, 3.8) is 0 Å². The van der Waals surface area contributed by atoms with Gasteiger partial charge in [-0.1, -0.05) is 26.0 Å². The molecule has 3 fully saturated rings. The summed E-state index contributed by atoms with van der Waals surface area (Å²) < 4.78 is 6.55. The topological polar surface area (TPSA) is 9.23 Å². The Morgan fingerprint density at radius 3 is 2.69 bits per heavy atom. The van der Waals surface area contributed by atoms with E-state index in [2.05, 4.69) is 39.8 Å². The highest BCUT2D eigenvalue weighted by Gasteiger charge is 2.63. The van der Waals surface area contributed by atoms with Gasteiger partial charge in [-0.05, 0) is 51.4 Å². The van der Waals surface area contributed by atoms with E-state index in [0.717, 1.165) is 11.8 Å². The van der Waals surface area contributed by atoms with E-state index in [1.165, 1.54) is 25.7 Å². The maximum absolute atomic E-state index is 6.55. The van der Waals surface area contributed by atoms with Gasteiger partial charge in [0.2, 0.25) is 0 Å². The molecule has 1 heteroatoms. The van der Waals surface area contributed by atoms with Crippen LogP contribution in [0, 0.1) is 17.3 Å². The molecule has 0 aromatic rings. The Bertz CT molecular complexity index is 343. The Balaban J connectivity index is 2.09. The number of fused-ring (bicyclic) bond motifs is 2. The molecule has 2 heterocycles. The molecule has 2 aliphatic carbocycles. The van der Waals surface area contributed by atoms with Gasteiger partial charge in [-0.3, -0.25) is 0 Å². The summed E-state index contributed by atoms with van der Waals surface area (Å²) in [7, 11) is 0. The lowest BCUT2D eigenvalue weighted by Gasteiger charge is -2.66. The molecule has 1 nitrogen and oxygen atoms in total.